The molecule has 0 spiro atoms. The molecule has 0 unspecified atom stereocenters. The monoisotopic (exact) mass is 497 g/mol. The van der Waals surface area contributed by atoms with Gasteiger partial charge in [-0.05, 0) is 0 Å². The van der Waals surface area contributed by atoms with E-state index in [-0.39, 0.29) is 0 Å². The summed E-state index contributed by atoms with van der Waals surface area (Å²) in [4.78, 5) is 0. The number of hydrogen-bond donors (Lipinski definition) is 0. The first kappa shape index (κ1) is 17.9. The zero-order chi connectivity index (χ0) is 15.8. The second kappa shape index (κ2) is 8.99. The molecule has 0 amide bonds. The summed E-state index contributed by atoms with van der Waals surface area (Å²) in [6.45, 7) is 6.95. The summed E-state index contributed by atoms with van der Waals surface area (Å²) < 4.78 is 6.81. The van der Waals surface area contributed by atoms with Crippen molar-refractivity contribution in [1.82, 2.24) is 12.8 Å². The Morgan fingerprint density at radius 1 is 0.864 bits per heavy atom. The van der Waals surface area contributed by atoms with Crippen molar-refractivity contribution in [3.8, 4) is 0 Å². The van der Waals surface area contributed by atoms with E-state index < -0.39 is 21.5 Å². The predicted molar refractivity (Wildman–Crippen MR) is 97.8 cm³/mol. The van der Waals surface area contributed by atoms with Crippen LogP contribution in [0.4, 0.5) is 0 Å². The van der Waals surface area contributed by atoms with Gasteiger partial charge >= 0.3 is 141 Å². The summed E-state index contributed by atoms with van der Waals surface area (Å²) >= 11 is -2.66. The van der Waals surface area contributed by atoms with Gasteiger partial charge in [0.2, 0.25) is 0 Å². The van der Waals surface area contributed by atoms with Gasteiger partial charge in [-0.3, -0.25) is 0 Å². The predicted octanol–water partition coefficient (Wildman–Crippen LogP) is 5.63. The van der Waals surface area contributed by atoms with Gasteiger partial charge in [0.05, 0.1) is 0 Å². The van der Waals surface area contributed by atoms with Crippen LogP contribution in [0, 0.1) is 0 Å². The minimum atomic E-state index is -2.66. The average Bonchev–Trinajstić information content (AvgIpc) is 2.99. The molecule has 4 heteroatoms. The van der Waals surface area contributed by atoms with E-state index in [1.807, 2.05) is 0 Å². The van der Waals surface area contributed by atoms with Crippen molar-refractivity contribution in [3.05, 3.63) is 24.3 Å². The van der Waals surface area contributed by atoms with Gasteiger partial charge in [-0.15, -0.1) is 0 Å². The van der Waals surface area contributed by atoms with Crippen LogP contribution in [-0.2, 0) is 0 Å². The van der Waals surface area contributed by atoms with Crippen LogP contribution in [0.1, 0.15) is 59.3 Å². The summed E-state index contributed by atoms with van der Waals surface area (Å²) in [6, 6.07) is 8.55. The molecule has 0 N–H and O–H groups in total. The second-order valence-corrected chi connectivity index (χ2v) is 23.5. The van der Waals surface area contributed by atoms with Gasteiger partial charge in [-0.2, -0.15) is 0 Å². The first-order chi connectivity index (χ1) is 10.8. The van der Waals surface area contributed by atoms with E-state index in [0.717, 1.165) is 5.52 Å². The molecule has 0 radical (unpaired) electrons. The molecule has 1 aromatic carbocycles. The molecule has 22 heavy (non-hydrogen) atoms. The minimum absolute atomic E-state index is 1.08. The number of unbranched alkanes of at least 4 members (excludes halogenated alkanes) is 3. The van der Waals surface area contributed by atoms with E-state index in [0.29, 0.717) is 0 Å². The van der Waals surface area contributed by atoms with Crippen molar-refractivity contribution in [3.63, 3.8) is 0 Å². The molecular weight excluding hydrogens is 465 g/mol. The fourth-order valence-corrected chi connectivity index (χ4v) is 24.2. The third-order valence-corrected chi connectivity index (χ3v) is 24.5. The Kier molecular flexibility index (Phi) is 7.31. The Labute approximate surface area is 140 Å². The zero-order valence-corrected chi connectivity index (χ0v) is 18.4. The summed E-state index contributed by atoms with van der Waals surface area (Å²) in [5.74, 6) is 0. The van der Waals surface area contributed by atoms with Crippen LogP contribution in [0.5, 0.6) is 0 Å². The molecule has 3 nitrogen and oxygen atoms in total. The molecule has 2 aromatic rings. The fraction of sp³-hybridized carbons (Fsp3) is 0.667. The molecule has 0 atom stereocenters. The Balaban J connectivity index is 2.42. The number of rotatable bonds is 10. The zero-order valence-electron chi connectivity index (χ0n) is 14.5. The summed E-state index contributed by atoms with van der Waals surface area (Å²) in [6.07, 6.45) is 7.99. The van der Waals surface area contributed by atoms with E-state index in [1.54, 1.807) is 0 Å². The van der Waals surface area contributed by atoms with Crippen LogP contribution in [0.15, 0.2) is 24.3 Å². The third-order valence-electron chi connectivity index (χ3n) is 4.79. The van der Waals surface area contributed by atoms with Crippen molar-refractivity contribution in [2.45, 2.75) is 71.2 Å². The topological polar surface area (TPSA) is 30.7 Å². The van der Waals surface area contributed by atoms with Crippen LogP contribution in [0.2, 0.25) is 11.9 Å². The number of aromatic nitrogens is 3. The second-order valence-electron chi connectivity index (χ2n) is 6.52. The van der Waals surface area contributed by atoms with Gasteiger partial charge < -0.3 is 0 Å². The van der Waals surface area contributed by atoms with Crippen LogP contribution < -0.4 is 0 Å². The van der Waals surface area contributed by atoms with Crippen molar-refractivity contribution >= 4 is 32.5 Å². The maximum atomic E-state index is 4.69. The molecule has 0 saturated heterocycles. The molecule has 2 rings (SSSR count). The number of benzene rings is 1. The van der Waals surface area contributed by atoms with E-state index in [1.165, 1.54) is 56.0 Å². The molecule has 0 fully saturated rings. The number of fused-ring (bicyclic) bond motifs is 1. The molecule has 0 saturated carbocycles. The van der Waals surface area contributed by atoms with E-state index in [2.05, 4.69) is 52.6 Å². The van der Waals surface area contributed by atoms with E-state index in [4.69, 9.17) is 5.21 Å². The molecule has 1 heterocycles. The van der Waals surface area contributed by atoms with Crippen molar-refractivity contribution in [2.24, 2.45) is 0 Å². The Morgan fingerprint density at radius 2 is 1.41 bits per heavy atom. The summed E-state index contributed by atoms with van der Waals surface area (Å²) in [5.41, 5.74) is 2.38. The van der Waals surface area contributed by atoms with Gasteiger partial charge in [0.1, 0.15) is 0 Å². The van der Waals surface area contributed by atoms with Crippen LogP contribution >= 0.6 is 0 Å². The molecule has 1 aromatic heterocycles. The first-order valence-corrected chi connectivity index (χ1v) is 19.1. The number of nitrogens with zero attached hydrogens (tertiary/aromatic N) is 3. The summed E-state index contributed by atoms with van der Waals surface area (Å²) in [7, 11) is 0. The molecule has 0 aliphatic rings. The van der Waals surface area contributed by atoms with Gasteiger partial charge in [0.15, 0.2) is 0 Å². The number of para-hydroxylation sites is 1. The SMILES string of the molecule is CCC[CH2][Pb]([CH2]CCC)([CH2]CCC)[n]1nnc2ccccc21. The molecule has 0 bridgehead atoms. The van der Waals surface area contributed by atoms with E-state index >= 15 is 0 Å². The quantitative estimate of drug-likeness (QED) is 0.400. The van der Waals surface area contributed by atoms with Crippen molar-refractivity contribution < 1.29 is 0 Å². The molecule has 122 valence electrons. The maximum absolute atomic E-state index is 4.69. The van der Waals surface area contributed by atoms with Crippen LogP contribution in [0.3, 0.4) is 0 Å². The third kappa shape index (κ3) is 4.09. The average molecular weight is 497 g/mol. The molecule has 0 aliphatic heterocycles. The normalized spacial score (nSPS) is 12.1. The van der Waals surface area contributed by atoms with Gasteiger partial charge in [-0.25, -0.2) is 0 Å². The fourth-order valence-electron chi connectivity index (χ4n) is 3.43. The molecular formula is C18H31N3Pb. The van der Waals surface area contributed by atoms with Gasteiger partial charge in [-0.1, -0.05) is 0 Å². The van der Waals surface area contributed by atoms with Gasteiger partial charge in [0, 0.05) is 0 Å². The van der Waals surface area contributed by atoms with E-state index in [9.17, 15) is 0 Å². The van der Waals surface area contributed by atoms with Crippen LogP contribution in [0.25, 0.3) is 11.0 Å². The number of hydrogen-bond acceptors (Lipinski definition) is 2. The van der Waals surface area contributed by atoms with Gasteiger partial charge in [0.25, 0.3) is 0 Å². The Morgan fingerprint density at radius 3 is 1.95 bits per heavy atom. The summed E-state index contributed by atoms with van der Waals surface area (Å²) in [5, 5.41) is 9.17. The standard InChI is InChI=1S/C6H4N3.3C4H9.Pb/c1-2-4-6-5(3-1)7-9-8-6;3*1-3-4-2;/h1-4H;3*1,3-4H2,2H3;/q-1;;;;+1. The van der Waals surface area contributed by atoms with Crippen LogP contribution in [-0.4, -0.2) is 34.3 Å². The Bertz CT molecular complexity index is 542. The first-order valence-electron chi connectivity index (χ1n) is 9.08. The van der Waals surface area contributed by atoms with Crippen molar-refractivity contribution in [1.29, 1.82) is 0 Å². The Hall–Kier alpha value is -0.458. The molecule has 0 aliphatic carbocycles. The van der Waals surface area contributed by atoms with Crippen molar-refractivity contribution in [2.75, 3.05) is 0 Å².